The molecule has 0 unspecified atom stereocenters. The summed E-state index contributed by atoms with van der Waals surface area (Å²) in [6.07, 6.45) is 0. The molecule has 4 aromatic rings. The molecule has 0 fully saturated rings. The molecule has 9 nitrogen and oxygen atoms in total. The molecule has 5 rings (SSSR count). The molecule has 0 aliphatic carbocycles. The highest BCUT2D eigenvalue weighted by molar-refractivity contribution is 8.14. The normalized spacial score (nSPS) is 13.2. The van der Waals surface area contributed by atoms with Gasteiger partial charge in [-0.15, -0.1) is 0 Å². The summed E-state index contributed by atoms with van der Waals surface area (Å²) in [6.45, 7) is 7.43. The molecule has 4 aromatic carbocycles. The van der Waals surface area contributed by atoms with Crippen LogP contribution in [0.3, 0.4) is 0 Å². The maximum atomic E-state index is 12.9. The fraction of sp³-hybridized carbons (Fsp3) is 0.0714. The van der Waals surface area contributed by atoms with E-state index >= 15 is 0 Å². The Bertz CT molecular complexity index is 2250. The maximum Gasteiger partial charge on any atom is 0.295 e. The summed E-state index contributed by atoms with van der Waals surface area (Å²) in [7, 11) is -2.01. The number of hydrogen-bond donors (Lipinski definition) is 2. The predicted octanol–water partition coefficient (Wildman–Crippen LogP) is 4.91. The van der Waals surface area contributed by atoms with Crippen LogP contribution >= 0.6 is 21.4 Å². The van der Waals surface area contributed by atoms with Crippen molar-refractivity contribution in [3.05, 3.63) is 99.4 Å². The van der Waals surface area contributed by atoms with Crippen LogP contribution in [0.1, 0.15) is 22.3 Å². The summed E-state index contributed by atoms with van der Waals surface area (Å²) in [6, 6.07) is 16.0. The van der Waals surface area contributed by atoms with Gasteiger partial charge in [0.15, 0.2) is 0 Å². The van der Waals surface area contributed by atoms with Crippen molar-refractivity contribution in [1.82, 2.24) is 0 Å². The number of rotatable bonds is 6. The van der Waals surface area contributed by atoms with Gasteiger partial charge in [-0.1, -0.05) is 43.0 Å². The van der Waals surface area contributed by atoms with Crippen LogP contribution in [0.15, 0.2) is 81.4 Å². The summed E-state index contributed by atoms with van der Waals surface area (Å²) < 4.78 is 91.4. The van der Waals surface area contributed by atoms with Crippen molar-refractivity contribution < 1.29 is 34.5 Å². The number of anilines is 2. The topological polar surface area (TPSA) is 144 Å². The minimum absolute atomic E-state index is 0.00320. The Morgan fingerprint density at radius 1 is 0.738 bits per heavy atom. The lowest BCUT2D eigenvalue weighted by Crippen LogP contribution is -2.24. The third kappa shape index (κ3) is 5.53. The van der Waals surface area contributed by atoms with Gasteiger partial charge >= 0.3 is 0 Å². The first-order valence-corrected chi connectivity index (χ1v) is 18.1. The van der Waals surface area contributed by atoms with Crippen LogP contribution in [-0.2, 0) is 28.2 Å². The molecule has 0 spiro atoms. The van der Waals surface area contributed by atoms with E-state index in [0.29, 0.717) is 5.69 Å². The van der Waals surface area contributed by atoms with E-state index in [-0.39, 0.29) is 54.1 Å². The fourth-order valence-corrected chi connectivity index (χ4v) is 7.62. The van der Waals surface area contributed by atoms with E-state index < -0.39 is 33.1 Å². The third-order valence-corrected chi connectivity index (χ3v) is 10.4. The molecule has 42 heavy (non-hydrogen) atoms. The van der Waals surface area contributed by atoms with Gasteiger partial charge in [0.25, 0.3) is 28.2 Å². The zero-order valence-electron chi connectivity index (χ0n) is 21.8. The number of halogens is 2. The summed E-state index contributed by atoms with van der Waals surface area (Å²) in [5.41, 5.74) is 2.38. The van der Waals surface area contributed by atoms with Crippen LogP contribution in [0, 0.1) is 13.8 Å². The van der Waals surface area contributed by atoms with Crippen molar-refractivity contribution in [2.75, 3.05) is 5.32 Å². The predicted molar refractivity (Wildman–Crippen MR) is 161 cm³/mol. The lowest BCUT2D eigenvalue weighted by atomic mass is 9.92. The number of hydrogen-bond acceptors (Lipinski definition) is 8. The molecule has 0 saturated carbocycles. The van der Waals surface area contributed by atoms with Crippen LogP contribution in [0.4, 0.5) is 11.4 Å². The molecule has 1 heterocycles. The van der Waals surface area contributed by atoms with Crippen molar-refractivity contribution in [2.24, 2.45) is 0 Å². The van der Waals surface area contributed by atoms with E-state index in [1.54, 1.807) is 0 Å². The molecule has 0 bridgehead atoms. The van der Waals surface area contributed by atoms with Gasteiger partial charge in [-0.3, -0.25) is 4.55 Å². The molecule has 0 aromatic heterocycles. The lowest BCUT2D eigenvalue weighted by Gasteiger charge is -2.25. The SMILES string of the molecule is C=c1cc2c(cc1S(=O)(=O)Cl)=C(c1ccccc1S(=O)(=O)O)c1cc(S(=O)(=O)Cl)c(Nc3c(C)cccc3C)cc1O2. The highest BCUT2D eigenvalue weighted by atomic mass is 35.7. The molecule has 1 aliphatic heterocycles. The quantitative estimate of drug-likeness (QED) is 0.191. The van der Waals surface area contributed by atoms with E-state index in [1.807, 2.05) is 32.0 Å². The summed E-state index contributed by atoms with van der Waals surface area (Å²) >= 11 is 0. The molecule has 0 radical (unpaired) electrons. The summed E-state index contributed by atoms with van der Waals surface area (Å²) in [5, 5.41) is 3.18. The highest BCUT2D eigenvalue weighted by Gasteiger charge is 2.30. The average Bonchev–Trinajstić information content (AvgIpc) is 2.87. The number of benzene rings is 4. The van der Waals surface area contributed by atoms with Gasteiger partial charge in [0.05, 0.1) is 10.6 Å². The fourth-order valence-electron chi connectivity index (χ4n) is 4.85. The Kier molecular flexibility index (Phi) is 7.45. The van der Waals surface area contributed by atoms with Crippen LogP contribution in [0.25, 0.3) is 12.2 Å². The van der Waals surface area contributed by atoms with Gasteiger partial charge in [0.2, 0.25) is 0 Å². The first-order chi connectivity index (χ1) is 19.5. The number of nitrogens with one attached hydrogen (secondary N) is 1. The molecule has 2 N–H and O–H groups in total. The van der Waals surface area contributed by atoms with Crippen molar-refractivity contribution in [1.29, 1.82) is 0 Å². The van der Waals surface area contributed by atoms with Crippen LogP contribution < -0.4 is 20.5 Å². The number of ether oxygens (including phenoxy) is 1. The van der Waals surface area contributed by atoms with Crippen molar-refractivity contribution >= 4 is 73.1 Å². The van der Waals surface area contributed by atoms with Gasteiger partial charge in [-0.05, 0) is 54.5 Å². The lowest BCUT2D eigenvalue weighted by molar-refractivity contribution is 0.470. The minimum atomic E-state index is -4.81. The number of fused-ring (bicyclic) bond motifs is 2. The van der Waals surface area contributed by atoms with Crippen molar-refractivity contribution in [3.8, 4) is 11.5 Å². The van der Waals surface area contributed by atoms with Gasteiger partial charge in [0.1, 0.15) is 21.3 Å². The molecule has 1 aliphatic rings. The second-order valence-corrected chi connectivity index (χ2v) is 16.0. The van der Waals surface area contributed by atoms with Crippen LogP contribution in [-0.4, -0.2) is 29.8 Å². The molecule has 0 amide bonds. The maximum absolute atomic E-state index is 12.9. The minimum Gasteiger partial charge on any atom is -0.456 e. The summed E-state index contributed by atoms with van der Waals surface area (Å²) in [5.74, 6) is 0.164. The Morgan fingerprint density at radius 3 is 1.95 bits per heavy atom. The van der Waals surface area contributed by atoms with E-state index in [1.165, 1.54) is 36.4 Å². The van der Waals surface area contributed by atoms with Gasteiger partial charge in [0, 0.05) is 55.0 Å². The van der Waals surface area contributed by atoms with E-state index in [2.05, 4.69) is 11.9 Å². The Morgan fingerprint density at radius 2 is 1.36 bits per heavy atom. The second kappa shape index (κ2) is 10.4. The molecule has 0 saturated heterocycles. The van der Waals surface area contributed by atoms with Gasteiger partial charge < -0.3 is 10.1 Å². The van der Waals surface area contributed by atoms with Crippen molar-refractivity contribution in [3.63, 3.8) is 0 Å². The Labute approximate surface area is 251 Å². The third-order valence-electron chi connectivity index (χ3n) is 6.70. The Balaban J connectivity index is 1.94. The number of aryl methyl sites for hydroxylation is 2. The Hall–Kier alpha value is -3.39. The molecule has 14 heteroatoms. The molecular formula is C28H21Cl2NO8S3. The van der Waals surface area contributed by atoms with E-state index in [9.17, 15) is 29.8 Å². The van der Waals surface area contributed by atoms with Crippen LogP contribution in [0.2, 0.25) is 0 Å². The zero-order valence-corrected chi connectivity index (χ0v) is 25.8. The molecular weight excluding hydrogens is 645 g/mol. The first-order valence-electron chi connectivity index (χ1n) is 12.0. The van der Waals surface area contributed by atoms with E-state index in [4.69, 9.17) is 26.1 Å². The first kappa shape index (κ1) is 30.1. The summed E-state index contributed by atoms with van der Waals surface area (Å²) in [4.78, 5) is -1.26. The smallest absolute Gasteiger partial charge is 0.295 e. The number of para-hydroxylation sites is 1. The van der Waals surface area contributed by atoms with Gasteiger partial charge in [-0.2, -0.15) is 8.42 Å². The second-order valence-electron chi connectivity index (χ2n) is 9.52. The molecule has 218 valence electrons. The molecule has 0 atom stereocenters. The highest BCUT2D eigenvalue weighted by Crippen LogP contribution is 2.43. The van der Waals surface area contributed by atoms with Gasteiger partial charge in [-0.25, -0.2) is 16.8 Å². The largest absolute Gasteiger partial charge is 0.456 e. The monoisotopic (exact) mass is 665 g/mol. The van der Waals surface area contributed by atoms with Crippen molar-refractivity contribution in [2.45, 2.75) is 28.5 Å². The van der Waals surface area contributed by atoms with E-state index in [0.717, 1.165) is 23.3 Å². The average molecular weight is 667 g/mol. The van der Waals surface area contributed by atoms with Crippen LogP contribution in [0.5, 0.6) is 11.5 Å². The standard InChI is InChI=1S/C28H21Cl2NO8S3/c1-15-7-6-8-16(2)28(15)31-21-14-23-20(13-26(21)41(30,34)35)27(18-9-4-5-10-24(18)42(36,37)38)19-12-25(40(29,32)33)17(3)11-22(19)39-23/h4-14,31H,3H2,1-2H3,(H,36,37,38). The zero-order chi connectivity index (χ0) is 30.8.